The van der Waals surface area contributed by atoms with Crippen molar-refractivity contribution in [2.75, 3.05) is 18.5 Å². The van der Waals surface area contributed by atoms with Crippen LogP contribution in [0.4, 0.5) is 10.7 Å². The van der Waals surface area contributed by atoms with Gasteiger partial charge in [-0.05, 0) is 51.3 Å². The number of hydrogen-bond donors (Lipinski definition) is 2. The van der Waals surface area contributed by atoms with Crippen LogP contribution >= 0.6 is 11.6 Å². The minimum Gasteiger partial charge on any atom is -0.381 e. The summed E-state index contributed by atoms with van der Waals surface area (Å²) < 4.78 is 5.41. The van der Waals surface area contributed by atoms with E-state index >= 15 is 0 Å². The molecule has 2 aliphatic rings. The Morgan fingerprint density at radius 1 is 1.33 bits per heavy atom. The largest absolute Gasteiger partial charge is 0.381 e. The lowest BCUT2D eigenvalue weighted by Crippen LogP contribution is -2.46. The zero-order valence-corrected chi connectivity index (χ0v) is 18.4. The van der Waals surface area contributed by atoms with E-state index in [1.165, 1.54) is 0 Å². The molecule has 4 rings (SSSR count). The van der Waals surface area contributed by atoms with Gasteiger partial charge in [-0.1, -0.05) is 23.7 Å². The maximum absolute atomic E-state index is 13.1. The number of anilines is 1. The highest BCUT2D eigenvalue weighted by Crippen LogP contribution is 2.38. The molecule has 2 N–H and O–H groups in total. The second-order valence-electron chi connectivity index (χ2n) is 8.46. The number of carbonyl (C=O) groups excluding carboxylic acids is 1. The molecule has 1 fully saturated rings. The number of nitrogens with zero attached hydrogens (tertiary/aromatic N) is 3. The number of fused-ring (bicyclic) bond motifs is 1. The Kier molecular flexibility index (Phi) is 5.84. The molecule has 2 aromatic rings. The predicted octanol–water partition coefficient (Wildman–Crippen LogP) is 4.24. The topological polar surface area (TPSA) is 79.4 Å². The van der Waals surface area contributed by atoms with Crippen molar-refractivity contribution in [1.29, 1.82) is 0 Å². The summed E-state index contributed by atoms with van der Waals surface area (Å²) in [6.07, 6.45) is 3.74. The molecule has 0 saturated carbocycles. The molecule has 1 unspecified atom stereocenters. The van der Waals surface area contributed by atoms with E-state index in [0.717, 1.165) is 42.9 Å². The first kappa shape index (κ1) is 20.9. The van der Waals surface area contributed by atoms with Crippen molar-refractivity contribution in [3.05, 3.63) is 52.3 Å². The molecule has 7 nitrogen and oxygen atoms in total. The Balaban J connectivity index is 1.46. The van der Waals surface area contributed by atoms with Gasteiger partial charge in [0.15, 0.2) is 0 Å². The molecule has 2 aliphatic heterocycles. The third-order valence-electron chi connectivity index (χ3n) is 6.00. The van der Waals surface area contributed by atoms with Gasteiger partial charge in [-0.3, -0.25) is 0 Å². The zero-order valence-electron chi connectivity index (χ0n) is 17.6. The highest BCUT2D eigenvalue weighted by Gasteiger charge is 2.42. The normalized spacial score (nSPS) is 19.3. The molecule has 1 aromatic carbocycles. The Labute approximate surface area is 182 Å². The van der Waals surface area contributed by atoms with Crippen LogP contribution in [-0.4, -0.2) is 40.2 Å². The SMILES string of the molecule is CC(NC(=O)N1Cc2nc(NC3CCOCC3)ncc2C1(C)C)c1cccc(Cl)c1. The number of nitrogens with one attached hydrogen (secondary N) is 2. The first-order valence-electron chi connectivity index (χ1n) is 10.4. The van der Waals surface area contributed by atoms with Gasteiger partial charge in [0.25, 0.3) is 0 Å². The number of rotatable bonds is 4. The highest BCUT2D eigenvalue weighted by molar-refractivity contribution is 6.30. The minimum atomic E-state index is -0.495. The molecule has 160 valence electrons. The van der Waals surface area contributed by atoms with E-state index in [9.17, 15) is 4.79 Å². The fourth-order valence-electron chi connectivity index (χ4n) is 4.08. The van der Waals surface area contributed by atoms with Crippen molar-refractivity contribution in [2.45, 2.75) is 57.8 Å². The molecular weight excluding hydrogens is 402 g/mol. The van der Waals surface area contributed by atoms with Gasteiger partial charge >= 0.3 is 6.03 Å². The molecule has 0 aliphatic carbocycles. The molecule has 3 heterocycles. The molecule has 30 heavy (non-hydrogen) atoms. The number of ether oxygens (including phenoxy) is 1. The minimum absolute atomic E-state index is 0.135. The first-order chi connectivity index (χ1) is 14.3. The molecule has 0 spiro atoms. The van der Waals surface area contributed by atoms with Crippen LogP contribution < -0.4 is 10.6 Å². The molecule has 8 heteroatoms. The summed E-state index contributed by atoms with van der Waals surface area (Å²) in [5.74, 6) is 0.617. The lowest BCUT2D eigenvalue weighted by Gasteiger charge is -2.33. The molecule has 0 bridgehead atoms. The quantitative estimate of drug-likeness (QED) is 0.759. The maximum Gasteiger partial charge on any atom is 0.318 e. The summed E-state index contributed by atoms with van der Waals surface area (Å²) in [5.41, 5.74) is 2.33. The average Bonchev–Trinajstić information content (AvgIpc) is 2.99. The van der Waals surface area contributed by atoms with Crippen LogP contribution in [-0.2, 0) is 16.8 Å². The number of hydrogen-bond acceptors (Lipinski definition) is 5. The molecular formula is C22H28ClN5O2. The van der Waals surface area contributed by atoms with Gasteiger partial charge in [-0.2, -0.15) is 0 Å². The van der Waals surface area contributed by atoms with Crippen molar-refractivity contribution in [1.82, 2.24) is 20.2 Å². The van der Waals surface area contributed by atoms with Gasteiger partial charge in [0.05, 0.1) is 23.8 Å². The average molecular weight is 430 g/mol. The molecule has 1 aromatic heterocycles. The Morgan fingerprint density at radius 3 is 2.83 bits per heavy atom. The van der Waals surface area contributed by atoms with Crippen molar-refractivity contribution in [3.8, 4) is 0 Å². The van der Waals surface area contributed by atoms with Crippen LogP contribution in [0, 0.1) is 0 Å². The van der Waals surface area contributed by atoms with Gasteiger partial charge in [-0.25, -0.2) is 14.8 Å². The summed E-state index contributed by atoms with van der Waals surface area (Å²) in [7, 11) is 0. The third-order valence-corrected chi connectivity index (χ3v) is 6.23. The van der Waals surface area contributed by atoms with E-state index in [2.05, 4.69) is 15.6 Å². The Morgan fingerprint density at radius 2 is 2.10 bits per heavy atom. The van der Waals surface area contributed by atoms with Crippen LogP contribution in [0.3, 0.4) is 0 Å². The number of benzene rings is 1. The summed E-state index contributed by atoms with van der Waals surface area (Å²) in [5, 5.41) is 7.15. The Hall–Kier alpha value is -2.38. The second-order valence-corrected chi connectivity index (χ2v) is 8.89. The smallest absolute Gasteiger partial charge is 0.318 e. The van der Waals surface area contributed by atoms with Gasteiger partial charge in [0.1, 0.15) is 0 Å². The van der Waals surface area contributed by atoms with E-state index in [4.69, 9.17) is 21.3 Å². The second kappa shape index (κ2) is 8.40. The van der Waals surface area contributed by atoms with Gasteiger partial charge in [0.2, 0.25) is 5.95 Å². The summed E-state index contributed by atoms with van der Waals surface area (Å²) in [6.45, 7) is 7.97. The Bertz CT molecular complexity index is 929. The summed E-state index contributed by atoms with van der Waals surface area (Å²) in [4.78, 5) is 24.2. The third kappa shape index (κ3) is 4.23. The molecule has 2 amide bonds. The molecule has 1 saturated heterocycles. The van der Waals surface area contributed by atoms with E-state index in [0.29, 0.717) is 23.6 Å². The van der Waals surface area contributed by atoms with Crippen molar-refractivity contribution >= 4 is 23.6 Å². The summed E-state index contributed by atoms with van der Waals surface area (Å²) >= 11 is 6.09. The predicted molar refractivity (Wildman–Crippen MR) is 116 cm³/mol. The van der Waals surface area contributed by atoms with Crippen molar-refractivity contribution < 1.29 is 9.53 Å². The maximum atomic E-state index is 13.1. The fourth-order valence-corrected chi connectivity index (χ4v) is 4.28. The number of aromatic nitrogens is 2. The zero-order chi connectivity index (χ0) is 21.3. The van der Waals surface area contributed by atoms with Crippen LogP contribution in [0.25, 0.3) is 0 Å². The van der Waals surface area contributed by atoms with Crippen LogP contribution in [0.2, 0.25) is 5.02 Å². The highest BCUT2D eigenvalue weighted by atomic mass is 35.5. The van der Waals surface area contributed by atoms with Crippen LogP contribution in [0.5, 0.6) is 0 Å². The van der Waals surface area contributed by atoms with E-state index in [1.54, 1.807) is 0 Å². The van der Waals surface area contributed by atoms with Crippen LogP contribution in [0.1, 0.15) is 56.5 Å². The monoisotopic (exact) mass is 429 g/mol. The van der Waals surface area contributed by atoms with Gasteiger partial charge in [-0.15, -0.1) is 0 Å². The van der Waals surface area contributed by atoms with E-state index in [-0.39, 0.29) is 12.1 Å². The standard InChI is InChI=1S/C22H28ClN5O2/c1-14(15-5-4-6-16(23)11-15)25-21(29)28-13-19-18(22(28,2)3)12-24-20(27-19)26-17-7-9-30-10-8-17/h4-6,11-12,14,17H,7-10,13H2,1-3H3,(H,25,29)(H,24,26,27). The van der Waals surface area contributed by atoms with E-state index < -0.39 is 5.54 Å². The summed E-state index contributed by atoms with van der Waals surface area (Å²) in [6, 6.07) is 7.57. The molecule has 1 atom stereocenters. The lowest BCUT2D eigenvalue weighted by atomic mass is 9.97. The van der Waals surface area contributed by atoms with E-state index in [1.807, 2.05) is 56.1 Å². The van der Waals surface area contributed by atoms with Crippen molar-refractivity contribution in [2.24, 2.45) is 0 Å². The fraction of sp³-hybridized carbons (Fsp3) is 0.500. The number of halogens is 1. The number of amides is 2. The first-order valence-corrected chi connectivity index (χ1v) is 10.8. The lowest BCUT2D eigenvalue weighted by molar-refractivity contribution is 0.0903. The van der Waals surface area contributed by atoms with Crippen molar-refractivity contribution in [3.63, 3.8) is 0 Å². The van der Waals surface area contributed by atoms with Crippen LogP contribution in [0.15, 0.2) is 30.5 Å². The molecule has 0 radical (unpaired) electrons. The number of carbonyl (C=O) groups is 1. The van der Waals surface area contributed by atoms with Gasteiger partial charge < -0.3 is 20.3 Å². The van der Waals surface area contributed by atoms with Gasteiger partial charge in [0, 0.05) is 36.0 Å². The number of urea groups is 1.